The summed E-state index contributed by atoms with van der Waals surface area (Å²) >= 11 is 1.59. The number of nitrogen functional groups attached to an aromatic ring is 1. The Morgan fingerprint density at radius 2 is 1.94 bits per heavy atom. The summed E-state index contributed by atoms with van der Waals surface area (Å²) in [5.74, 6) is 1.43. The van der Waals surface area contributed by atoms with E-state index in [1.54, 1.807) is 18.0 Å². The number of fused-ring (bicyclic) bond motifs is 1. The normalized spacial score (nSPS) is 22.3. The van der Waals surface area contributed by atoms with Crippen molar-refractivity contribution >= 4 is 56.2 Å². The molecule has 0 aromatic carbocycles. The van der Waals surface area contributed by atoms with Crippen LogP contribution in [-0.4, -0.2) is 51.2 Å². The number of hydrogen-bond donors (Lipinski definition) is 2. The highest BCUT2D eigenvalue weighted by Crippen LogP contribution is 2.42. The van der Waals surface area contributed by atoms with E-state index < -0.39 is 0 Å². The van der Waals surface area contributed by atoms with Crippen molar-refractivity contribution in [2.24, 2.45) is 11.1 Å². The summed E-state index contributed by atoms with van der Waals surface area (Å²) in [6.45, 7) is 4.67. The fourth-order valence-electron chi connectivity index (χ4n) is 4.43. The molecule has 0 bridgehead atoms. The van der Waals surface area contributed by atoms with Crippen LogP contribution >= 0.6 is 38.8 Å². The van der Waals surface area contributed by atoms with Crippen LogP contribution in [0.2, 0.25) is 0 Å². The fourth-order valence-corrected chi connectivity index (χ4v) is 5.34. The van der Waals surface area contributed by atoms with Crippen LogP contribution in [0.4, 0.5) is 11.8 Å². The largest absolute Gasteiger partial charge is 0.384 e. The molecule has 31 heavy (non-hydrogen) atoms. The highest BCUT2D eigenvalue weighted by atomic mass is 32.2. The lowest BCUT2D eigenvalue weighted by molar-refractivity contribution is 0.0973. The minimum atomic E-state index is 0. The smallest absolute Gasteiger partial charge is 0.211 e. The molecule has 168 valence electrons. The van der Waals surface area contributed by atoms with Crippen LogP contribution in [0.1, 0.15) is 19.8 Å². The Morgan fingerprint density at radius 1 is 1.16 bits per heavy atom. The Kier molecular flexibility index (Phi) is 7.32. The van der Waals surface area contributed by atoms with Crippen LogP contribution in [-0.2, 0) is 4.74 Å². The van der Waals surface area contributed by atoms with Crippen molar-refractivity contribution in [1.82, 2.24) is 19.4 Å². The molecule has 8 nitrogen and oxygen atoms in total. The second-order valence-electron chi connectivity index (χ2n) is 7.95. The molecule has 2 fully saturated rings. The first-order valence-corrected chi connectivity index (χ1v) is 10.7. The molecule has 2 atom stereocenters. The van der Waals surface area contributed by atoms with Gasteiger partial charge in [0.2, 0.25) is 5.95 Å². The van der Waals surface area contributed by atoms with Gasteiger partial charge in [-0.1, -0.05) is 11.8 Å². The molecule has 3 aromatic rings. The maximum atomic E-state index is 6.46. The van der Waals surface area contributed by atoms with Crippen molar-refractivity contribution in [3.8, 4) is 0 Å². The number of piperidine rings is 1. The number of pyridine rings is 1. The van der Waals surface area contributed by atoms with Gasteiger partial charge in [0.25, 0.3) is 0 Å². The summed E-state index contributed by atoms with van der Waals surface area (Å²) in [5, 5.41) is 0. The van der Waals surface area contributed by atoms with Crippen molar-refractivity contribution < 1.29 is 4.74 Å². The van der Waals surface area contributed by atoms with Gasteiger partial charge in [-0.15, -0.1) is 0 Å². The summed E-state index contributed by atoms with van der Waals surface area (Å²) in [5.41, 5.74) is 13.3. The van der Waals surface area contributed by atoms with Crippen LogP contribution < -0.4 is 16.4 Å². The number of anilines is 2. The van der Waals surface area contributed by atoms with Crippen molar-refractivity contribution in [1.29, 1.82) is 0 Å². The molecule has 5 rings (SSSR count). The monoisotopic (exact) mass is 479 g/mol. The lowest BCUT2D eigenvalue weighted by atomic mass is 9.73. The van der Waals surface area contributed by atoms with Gasteiger partial charge in [0.1, 0.15) is 5.82 Å². The third kappa shape index (κ3) is 4.34. The highest BCUT2D eigenvalue weighted by Gasteiger charge is 2.47. The van der Waals surface area contributed by atoms with Crippen LogP contribution in [0, 0.1) is 5.41 Å². The Morgan fingerprint density at radius 3 is 2.61 bits per heavy atom. The number of aromatic nitrogens is 4. The molecular formula is C20H29N7OS3. The van der Waals surface area contributed by atoms with E-state index in [2.05, 4.69) is 26.2 Å². The third-order valence-electron chi connectivity index (χ3n) is 6.24. The van der Waals surface area contributed by atoms with Gasteiger partial charge in [-0.2, -0.15) is 27.0 Å². The Balaban J connectivity index is 0.00000136. The molecule has 0 radical (unpaired) electrons. The Labute approximate surface area is 200 Å². The molecular weight excluding hydrogens is 450 g/mol. The number of rotatable bonds is 3. The van der Waals surface area contributed by atoms with Crippen LogP contribution in [0.3, 0.4) is 0 Å². The summed E-state index contributed by atoms with van der Waals surface area (Å²) < 4.78 is 7.92. The molecule has 5 heterocycles. The van der Waals surface area contributed by atoms with E-state index in [0.717, 1.165) is 53.9 Å². The first kappa shape index (κ1) is 24.0. The number of hydrogen-bond acceptors (Lipinski definition) is 8. The average Bonchev–Trinajstić information content (AvgIpc) is 3.32. The zero-order valence-corrected chi connectivity index (χ0v) is 20.2. The van der Waals surface area contributed by atoms with Crippen molar-refractivity contribution in [2.45, 2.75) is 41.7 Å². The van der Waals surface area contributed by atoms with E-state index in [0.29, 0.717) is 5.82 Å². The molecule has 11 heteroatoms. The number of nitrogens with zero attached hydrogens (tertiary/aromatic N) is 5. The quantitative estimate of drug-likeness (QED) is 0.590. The van der Waals surface area contributed by atoms with E-state index in [-0.39, 0.29) is 44.6 Å². The van der Waals surface area contributed by atoms with E-state index >= 15 is 0 Å². The lowest BCUT2D eigenvalue weighted by Gasteiger charge is -2.41. The molecule has 2 saturated heterocycles. The standard InChI is InChI=1S/C20H25N7OS.2H2S/c1-13-17(22)20(12-28-13)3-7-26(8-4-20)19-25-11-15(18-24-6-9-27(18)19)29-14-2-5-23-16(21)10-14;;/h2,5-6,9-11,13,17H,3-4,7-8,12,22H2,1H3,(H2,21,23);2*1H2/t13-,17+;;/m0../s1. The maximum absolute atomic E-state index is 6.46. The van der Waals surface area contributed by atoms with Crippen LogP contribution in [0.25, 0.3) is 5.65 Å². The van der Waals surface area contributed by atoms with Gasteiger partial charge in [-0.05, 0) is 31.9 Å². The molecule has 2 aliphatic heterocycles. The van der Waals surface area contributed by atoms with E-state index in [9.17, 15) is 0 Å². The molecule has 0 unspecified atom stereocenters. The average molecular weight is 480 g/mol. The maximum Gasteiger partial charge on any atom is 0.211 e. The van der Waals surface area contributed by atoms with E-state index in [1.165, 1.54) is 0 Å². The SMILES string of the molecule is C[C@@H]1OCC2(CCN(c3ncc(Sc4ccnc(N)c4)c4nccn34)CC2)[C@@H]1N.S.S. The fraction of sp³-hybridized carbons (Fsp3) is 0.450. The van der Waals surface area contributed by atoms with E-state index in [4.69, 9.17) is 21.2 Å². The van der Waals surface area contributed by atoms with Gasteiger partial charge < -0.3 is 21.1 Å². The minimum Gasteiger partial charge on any atom is -0.384 e. The zero-order valence-electron chi connectivity index (χ0n) is 17.4. The summed E-state index contributed by atoms with van der Waals surface area (Å²) in [6, 6.07) is 3.90. The summed E-state index contributed by atoms with van der Waals surface area (Å²) in [6.07, 6.45) is 9.57. The van der Waals surface area contributed by atoms with Crippen molar-refractivity contribution in [3.05, 3.63) is 36.9 Å². The van der Waals surface area contributed by atoms with Gasteiger partial charge in [0.15, 0.2) is 5.65 Å². The van der Waals surface area contributed by atoms with E-state index in [1.807, 2.05) is 30.7 Å². The summed E-state index contributed by atoms with van der Waals surface area (Å²) in [4.78, 5) is 17.7. The van der Waals surface area contributed by atoms with Gasteiger partial charge in [-0.25, -0.2) is 15.0 Å². The molecule has 0 saturated carbocycles. The number of ether oxygens (including phenoxy) is 1. The number of imidazole rings is 1. The molecule has 0 amide bonds. The van der Waals surface area contributed by atoms with Crippen molar-refractivity contribution in [2.75, 3.05) is 30.3 Å². The first-order chi connectivity index (χ1) is 14.1. The van der Waals surface area contributed by atoms with Gasteiger partial charge in [0.05, 0.1) is 17.6 Å². The second kappa shape index (κ2) is 9.45. The van der Waals surface area contributed by atoms with Gasteiger partial charge in [-0.3, -0.25) is 4.40 Å². The lowest BCUT2D eigenvalue weighted by Crippen LogP contribution is -2.51. The topological polar surface area (TPSA) is 108 Å². The van der Waals surface area contributed by atoms with Crippen LogP contribution in [0.15, 0.2) is 46.7 Å². The predicted octanol–water partition coefficient (Wildman–Crippen LogP) is 2.42. The molecule has 3 aromatic heterocycles. The highest BCUT2D eigenvalue weighted by molar-refractivity contribution is 7.99. The Bertz CT molecular complexity index is 1040. The molecule has 4 N–H and O–H groups in total. The Hall–Kier alpha value is -1.66. The second-order valence-corrected chi connectivity index (χ2v) is 9.07. The predicted molar refractivity (Wildman–Crippen MR) is 134 cm³/mol. The van der Waals surface area contributed by atoms with Gasteiger partial charge in [0, 0.05) is 54.2 Å². The molecule has 2 aliphatic rings. The third-order valence-corrected chi connectivity index (χ3v) is 7.24. The number of nitrogens with two attached hydrogens (primary N) is 2. The minimum absolute atomic E-state index is 0. The first-order valence-electron chi connectivity index (χ1n) is 9.89. The van der Waals surface area contributed by atoms with Crippen LogP contribution in [0.5, 0.6) is 0 Å². The van der Waals surface area contributed by atoms with Crippen molar-refractivity contribution in [3.63, 3.8) is 0 Å². The van der Waals surface area contributed by atoms with Gasteiger partial charge >= 0.3 is 0 Å². The molecule has 1 spiro atoms. The summed E-state index contributed by atoms with van der Waals surface area (Å²) in [7, 11) is 0. The zero-order chi connectivity index (χ0) is 20.0. The molecule has 0 aliphatic carbocycles.